The van der Waals surface area contributed by atoms with Gasteiger partial charge < -0.3 is 10.2 Å². The van der Waals surface area contributed by atoms with E-state index in [-0.39, 0.29) is 0 Å². The lowest BCUT2D eigenvalue weighted by Crippen LogP contribution is -2.25. The average Bonchev–Trinajstić information content (AvgIpc) is 3.28. The Hall–Kier alpha value is -1.91. The molecule has 1 aromatic carbocycles. The molecule has 2 aliphatic heterocycles. The summed E-state index contributed by atoms with van der Waals surface area (Å²) in [5.41, 5.74) is 2.35. The van der Waals surface area contributed by atoms with E-state index in [2.05, 4.69) is 52.7 Å². The van der Waals surface area contributed by atoms with Crippen molar-refractivity contribution >= 4 is 27.1 Å². The largest absolute Gasteiger partial charge is 0.370 e. The zero-order valence-electron chi connectivity index (χ0n) is 12.9. The van der Waals surface area contributed by atoms with E-state index in [9.17, 15) is 0 Å². The quantitative estimate of drug-likeness (QED) is 0.781. The minimum atomic E-state index is 0.817. The van der Waals surface area contributed by atoms with Crippen molar-refractivity contribution < 1.29 is 0 Å². The fraction of sp³-hybridized carbons (Fsp3) is 0.316. The number of rotatable bonds is 2. The molecule has 4 heterocycles. The van der Waals surface area contributed by atoms with Gasteiger partial charge in [0, 0.05) is 30.9 Å². The number of nitrogens with one attached hydrogen (secondary N) is 1. The molecule has 0 radical (unpaired) electrons. The third kappa shape index (κ3) is 2.33. The van der Waals surface area contributed by atoms with E-state index in [0.29, 0.717) is 0 Å². The molecule has 2 atom stereocenters. The van der Waals surface area contributed by atoms with Crippen molar-refractivity contribution in [1.29, 1.82) is 0 Å². The molecule has 5 rings (SSSR count). The van der Waals surface area contributed by atoms with Gasteiger partial charge in [0.1, 0.15) is 0 Å². The number of thiophene rings is 1. The number of hydrogen-bond acceptors (Lipinski definition) is 4. The van der Waals surface area contributed by atoms with E-state index in [1.165, 1.54) is 46.8 Å². The van der Waals surface area contributed by atoms with Gasteiger partial charge >= 0.3 is 0 Å². The Morgan fingerprint density at radius 2 is 1.87 bits per heavy atom. The van der Waals surface area contributed by atoms with Crippen molar-refractivity contribution in [1.82, 2.24) is 10.3 Å². The SMILES string of the molecule is c1ccc2sc(-c3ccc(N4CC5CNCC5C4)cn3)cc2c1. The van der Waals surface area contributed by atoms with Crippen LogP contribution < -0.4 is 10.2 Å². The second-order valence-corrected chi connectivity index (χ2v) is 7.72. The third-order valence-corrected chi connectivity index (χ3v) is 6.32. The number of hydrogen-bond donors (Lipinski definition) is 1. The molecule has 4 heteroatoms. The molecule has 2 saturated heterocycles. The number of anilines is 1. The molecule has 1 N–H and O–H groups in total. The lowest BCUT2D eigenvalue weighted by atomic mass is 10.0. The highest BCUT2D eigenvalue weighted by atomic mass is 32.1. The first-order chi connectivity index (χ1) is 11.4. The van der Waals surface area contributed by atoms with E-state index in [0.717, 1.165) is 17.5 Å². The fourth-order valence-electron chi connectivity index (χ4n) is 3.89. The zero-order valence-corrected chi connectivity index (χ0v) is 13.7. The number of fused-ring (bicyclic) bond motifs is 2. The summed E-state index contributed by atoms with van der Waals surface area (Å²) in [7, 11) is 0. The molecule has 2 fully saturated rings. The summed E-state index contributed by atoms with van der Waals surface area (Å²) in [4.78, 5) is 8.48. The first kappa shape index (κ1) is 13.5. The van der Waals surface area contributed by atoms with E-state index in [1.807, 2.05) is 17.5 Å². The summed E-state index contributed by atoms with van der Waals surface area (Å²) in [5, 5.41) is 4.80. The summed E-state index contributed by atoms with van der Waals surface area (Å²) in [5.74, 6) is 1.63. The molecule has 0 spiro atoms. The zero-order chi connectivity index (χ0) is 15.2. The summed E-state index contributed by atoms with van der Waals surface area (Å²) in [6, 6.07) is 15.2. The van der Waals surface area contributed by atoms with Crippen molar-refractivity contribution in [3.8, 4) is 10.6 Å². The smallest absolute Gasteiger partial charge is 0.0803 e. The van der Waals surface area contributed by atoms with E-state index >= 15 is 0 Å². The Labute approximate surface area is 140 Å². The monoisotopic (exact) mass is 321 g/mol. The molecule has 0 saturated carbocycles. The normalized spacial score (nSPS) is 23.6. The second kappa shape index (κ2) is 5.32. The number of nitrogens with zero attached hydrogens (tertiary/aromatic N) is 2. The first-order valence-corrected chi connectivity index (χ1v) is 9.09. The third-order valence-electron chi connectivity index (χ3n) is 5.18. The van der Waals surface area contributed by atoms with Crippen LogP contribution >= 0.6 is 11.3 Å². The van der Waals surface area contributed by atoms with Crippen molar-refractivity contribution in [2.24, 2.45) is 11.8 Å². The summed E-state index contributed by atoms with van der Waals surface area (Å²) >= 11 is 1.82. The van der Waals surface area contributed by atoms with Crippen LogP contribution in [-0.4, -0.2) is 31.2 Å². The van der Waals surface area contributed by atoms with Gasteiger partial charge in [0.2, 0.25) is 0 Å². The molecule has 116 valence electrons. The van der Waals surface area contributed by atoms with Gasteiger partial charge in [-0.15, -0.1) is 11.3 Å². The van der Waals surface area contributed by atoms with Crippen LogP contribution in [-0.2, 0) is 0 Å². The van der Waals surface area contributed by atoms with Crippen LogP contribution in [0.15, 0.2) is 48.7 Å². The van der Waals surface area contributed by atoms with Crippen molar-refractivity contribution in [3.05, 3.63) is 48.7 Å². The molecular formula is C19H19N3S. The Balaban J connectivity index is 1.41. The van der Waals surface area contributed by atoms with Crippen LogP contribution in [0.25, 0.3) is 20.7 Å². The minimum absolute atomic E-state index is 0.817. The molecular weight excluding hydrogens is 302 g/mol. The molecule has 2 unspecified atom stereocenters. The average molecular weight is 321 g/mol. The molecule has 3 nitrogen and oxygen atoms in total. The maximum absolute atomic E-state index is 4.74. The van der Waals surface area contributed by atoms with Gasteiger partial charge in [-0.05, 0) is 41.5 Å². The molecule has 0 bridgehead atoms. The predicted molar refractivity (Wildman–Crippen MR) is 97.1 cm³/mol. The topological polar surface area (TPSA) is 28.2 Å². The van der Waals surface area contributed by atoms with Gasteiger partial charge in [-0.25, -0.2) is 0 Å². The summed E-state index contributed by atoms with van der Waals surface area (Å²) in [6.07, 6.45) is 2.05. The fourth-order valence-corrected chi connectivity index (χ4v) is 4.93. The van der Waals surface area contributed by atoms with Crippen LogP contribution in [0, 0.1) is 11.8 Å². The van der Waals surface area contributed by atoms with Crippen LogP contribution in [0.4, 0.5) is 5.69 Å². The van der Waals surface area contributed by atoms with Gasteiger partial charge in [0.25, 0.3) is 0 Å². The molecule has 23 heavy (non-hydrogen) atoms. The summed E-state index contributed by atoms with van der Waals surface area (Å²) < 4.78 is 1.33. The molecule has 2 aromatic heterocycles. The Morgan fingerprint density at radius 1 is 1.04 bits per heavy atom. The van der Waals surface area contributed by atoms with Gasteiger partial charge in [-0.1, -0.05) is 18.2 Å². The van der Waals surface area contributed by atoms with E-state index in [4.69, 9.17) is 4.98 Å². The molecule has 0 aliphatic carbocycles. The van der Waals surface area contributed by atoms with Gasteiger partial charge in [0.15, 0.2) is 0 Å². The molecule has 0 amide bonds. The lowest BCUT2D eigenvalue weighted by Gasteiger charge is -2.19. The highest BCUT2D eigenvalue weighted by molar-refractivity contribution is 7.22. The number of pyridine rings is 1. The predicted octanol–water partition coefficient (Wildman–Crippen LogP) is 3.62. The van der Waals surface area contributed by atoms with Crippen LogP contribution in [0.3, 0.4) is 0 Å². The first-order valence-electron chi connectivity index (χ1n) is 8.27. The van der Waals surface area contributed by atoms with Gasteiger partial charge in [-0.2, -0.15) is 0 Å². The number of benzene rings is 1. The maximum atomic E-state index is 4.74. The van der Waals surface area contributed by atoms with Crippen LogP contribution in [0.2, 0.25) is 0 Å². The van der Waals surface area contributed by atoms with E-state index < -0.39 is 0 Å². The van der Waals surface area contributed by atoms with Gasteiger partial charge in [0.05, 0.1) is 22.5 Å². The highest BCUT2D eigenvalue weighted by Gasteiger charge is 2.36. The van der Waals surface area contributed by atoms with Crippen molar-refractivity contribution in [3.63, 3.8) is 0 Å². The minimum Gasteiger partial charge on any atom is -0.370 e. The lowest BCUT2D eigenvalue weighted by molar-refractivity contribution is 0.533. The molecule has 2 aliphatic rings. The van der Waals surface area contributed by atoms with Crippen molar-refractivity contribution in [2.75, 3.05) is 31.1 Å². The van der Waals surface area contributed by atoms with Crippen LogP contribution in [0.1, 0.15) is 0 Å². The Morgan fingerprint density at radius 3 is 2.61 bits per heavy atom. The van der Waals surface area contributed by atoms with Gasteiger partial charge in [-0.3, -0.25) is 4.98 Å². The van der Waals surface area contributed by atoms with Crippen LogP contribution in [0.5, 0.6) is 0 Å². The molecule has 3 aromatic rings. The second-order valence-electron chi connectivity index (χ2n) is 6.63. The standard InChI is InChI=1S/C19H19N3S/c1-2-4-18-13(3-1)7-19(23-18)17-6-5-16(10-21-17)22-11-14-8-20-9-15(14)12-22/h1-7,10,14-15,20H,8-9,11-12H2. The highest BCUT2D eigenvalue weighted by Crippen LogP contribution is 2.34. The van der Waals surface area contributed by atoms with E-state index in [1.54, 1.807) is 0 Å². The summed E-state index contributed by atoms with van der Waals surface area (Å²) in [6.45, 7) is 4.69. The van der Waals surface area contributed by atoms with Crippen molar-refractivity contribution in [2.45, 2.75) is 0 Å². The Bertz CT molecular complexity index is 794. The Kier molecular flexibility index (Phi) is 3.13. The maximum Gasteiger partial charge on any atom is 0.0803 e. The number of aromatic nitrogens is 1.